The highest BCUT2D eigenvalue weighted by molar-refractivity contribution is 6.46. The summed E-state index contributed by atoms with van der Waals surface area (Å²) in [6, 6.07) is 11.9. The smallest absolute Gasteiger partial charge is 0.295 e. The number of aliphatic hydroxyl groups is 1. The minimum Gasteiger partial charge on any atom is -0.507 e. The van der Waals surface area contributed by atoms with Gasteiger partial charge in [0.1, 0.15) is 19.0 Å². The average Bonchev–Trinajstić information content (AvgIpc) is 2.92. The molecule has 1 saturated heterocycles. The third-order valence-corrected chi connectivity index (χ3v) is 4.88. The lowest BCUT2D eigenvalue weighted by molar-refractivity contribution is -0.139. The van der Waals surface area contributed by atoms with E-state index in [0.717, 1.165) is 11.1 Å². The molecule has 0 bridgehead atoms. The SMILES string of the molecule is Cc1ccc(C2/C(=C(\O)c3ccc4c(c3)OCCO4)C(=O)C(=O)N2C)cc1. The molecule has 1 amide bonds. The number of hydrogen-bond donors (Lipinski definition) is 1. The molecular formula is C21H19NO5. The molecule has 4 rings (SSSR count). The maximum absolute atomic E-state index is 12.6. The molecule has 0 aromatic heterocycles. The second kappa shape index (κ2) is 6.46. The standard InChI is InChI=1S/C21H19NO5/c1-12-3-5-13(6-4-12)18-17(20(24)21(25)22(18)2)19(23)14-7-8-15-16(11-14)27-10-9-26-15/h3-8,11,18,23H,9-10H2,1-2H3/b19-17+. The number of aryl methyl sites for hydroxylation is 1. The van der Waals surface area contributed by atoms with Crippen LogP contribution < -0.4 is 9.47 Å². The quantitative estimate of drug-likeness (QED) is 0.503. The van der Waals surface area contributed by atoms with Gasteiger partial charge in [-0.25, -0.2) is 0 Å². The van der Waals surface area contributed by atoms with Crippen molar-refractivity contribution in [3.05, 3.63) is 64.7 Å². The largest absolute Gasteiger partial charge is 0.507 e. The number of Topliss-reactive ketones (excluding diaryl/α,β-unsaturated/α-hetero) is 1. The Morgan fingerprint density at radius 2 is 1.70 bits per heavy atom. The van der Waals surface area contributed by atoms with E-state index in [1.54, 1.807) is 25.2 Å². The van der Waals surface area contributed by atoms with E-state index < -0.39 is 17.7 Å². The van der Waals surface area contributed by atoms with Crippen LogP contribution in [0.1, 0.15) is 22.7 Å². The van der Waals surface area contributed by atoms with Crippen molar-refractivity contribution >= 4 is 17.4 Å². The van der Waals surface area contributed by atoms with E-state index in [1.165, 1.54) is 4.90 Å². The second-order valence-electron chi connectivity index (χ2n) is 6.68. The Morgan fingerprint density at radius 3 is 2.41 bits per heavy atom. The molecule has 1 atom stereocenters. The van der Waals surface area contributed by atoms with Crippen molar-refractivity contribution in [1.29, 1.82) is 0 Å². The van der Waals surface area contributed by atoms with Crippen LogP contribution >= 0.6 is 0 Å². The molecule has 0 aliphatic carbocycles. The molecule has 2 aliphatic heterocycles. The number of hydrogen-bond acceptors (Lipinski definition) is 5. The fourth-order valence-corrected chi connectivity index (χ4v) is 3.43. The molecule has 2 aromatic carbocycles. The molecule has 27 heavy (non-hydrogen) atoms. The Balaban J connectivity index is 1.83. The van der Waals surface area contributed by atoms with Crippen LogP contribution in [0, 0.1) is 6.92 Å². The van der Waals surface area contributed by atoms with E-state index in [0.29, 0.717) is 30.3 Å². The normalized spacial score (nSPS) is 20.8. The molecule has 2 aromatic rings. The Kier molecular flexibility index (Phi) is 4.11. The van der Waals surface area contributed by atoms with Gasteiger partial charge in [-0.1, -0.05) is 29.8 Å². The molecular weight excluding hydrogens is 346 g/mol. The summed E-state index contributed by atoms with van der Waals surface area (Å²) in [4.78, 5) is 26.3. The van der Waals surface area contributed by atoms with E-state index in [4.69, 9.17) is 9.47 Å². The number of rotatable bonds is 2. The first-order valence-electron chi connectivity index (χ1n) is 8.68. The van der Waals surface area contributed by atoms with E-state index in [1.807, 2.05) is 31.2 Å². The minimum absolute atomic E-state index is 0.0723. The highest BCUT2D eigenvalue weighted by atomic mass is 16.6. The van der Waals surface area contributed by atoms with Crippen LogP contribution in [0.15, 0.2) is 48.0 Å². The predicted molar refractivity (Wildman–Crippen MR) is 98.7 cm³/mol. The van der Waals surface area contributed by atoms with Crippen LogP contribution in [0.3, 0.4) is 0 Å². The summed E-state index contributed by atoms with van der Waals surface area (Å²) >= 11 is 0. The summed E-state index contributed by atoms with van der Waals surface area (Å²) in [5.41, 5.74) is 2.31. The van der Waals surface area contributed by atoms with Gasteiger partial charge in [-0.05, 0) is 30.7 Å². The first-order valence-corrected chi connectivity index (χ1v) is 8.68. The van der Waals surface area contributed by atoms with Gasteiger partial charge in [0.15, 0.2) is 11.5 Å². The van der Waals surface area contributed by atoms with E-state index >= 15 is 0 Å². The van der Waals surface area contributed by atoms with Crippen molar-refractivity contribution in [2.24, 2.45) is 0 Å². The van der Waals surface area contributed by atoms with Crippen molar-refractivity contribution in [2.75, 3.05) is 20.3 Å². The Hall–Kier alpha value is -3.28. The van der Waals surface area contributed by atoms with Crippen LogP contribution in [-0.4, -0.2) is 42.0 Å². The number of amides is 1. The molecule has 6 nitrogen and oxygen atoms in total. The van der Waals surface area contributed by atoms with E-state index in [2.05, 4.69) is 0 Å². The average molecular weight is 365 g/mol. The molecule has 6 heteroatoms. The number of likely N-dealkylation sites (N-methyl/N-ethyl adjacent to an activating group) is 1. The molecule has 2 heterocycles. The highest BCUT2D eigenvalue weighted by Gasteiger charge is 2.44. The van der Waals surface area contributed by atoms with E-state index in [-0.39, 0.29) is 11.3 Å². The van der Waals surface area contributed by atoms with E-state index in [9.17, 15) is 14.7 Å². The summed E-state index contributed by atoms with van der Waals surface area (Å²) in [5, 5.41) is 10.9. The van der Waals surface area contributed by atoms with Gasteiger partial charge in [0.2, 0.25) is 0 Å². The van der Waals surface area contributed by atoms with Crippen LogP contribution in [-0.2, 0) is 9.59 Å². The van der Waals surface area contributed by atoms with Gasteiger partial charge < -0.3 is 19.5 Å². The Morgan fingerprint density at radius 1 is 1.04 bits per heavy atom. The van der Waals surface area contributed by atoms with Crippen LogP contribution in [0.25, 0.3) is 5.76 Å². The number of likely N-dealkylation sites (tertiary alicyclic amines) is 1. The number of carbonyl (C=O) groups is 2. The van der Waals surface area contributed by atoms with Crippen molar-refractivity contribution in [3.8, 4) is 11.5 Å². The number of ether oxygens (including phenoxy) is 2. The molecule has 1 unspecified atom stereocenters. The van der Waals surface area contributed by atoms with Crippen LogP contribution in [0.4, 0.5) is 0 Å². The summed E-state index contributed by atoms with van der Waals surface area (Å²) in [6.07, 6.45) is 0. The first kappa shape index (κ1) is 17.1. The summed E-state index contributed by atoms with van der Waals surface area (Å²) < 4.78 is 11.0. The fourth-order valence-electron chi connectivity index (χ4n) is 3.43. The summed E-state index contributed by atoms with van der Waals surface area (Å²) in [6.45, 7) is 2.84. The third kappa shape index (κ3) is 2.83. The Labute approximate surface area is 156 Å². The second-order valence-corrected chi connectivity index (χ2v) is 6.68. The number of nitrogens with zero attached hydrogens (tertiary/aromatic N) is 1. The number of benzene rings is 2. The zero-order chi connectivity index (χ0) is 19.1. The van der Waals surface area contributed by atoms with Gasteiger partial charge in [-0.3, -0.25) is 9.59 Å². The fraction of sp³-hybridized carbons (Fsp3) is 0.238. The minimum atomic E-state index is -0.699. The number of fused-ring (bicyclic) bond motifs is 1. The Bertz CT molecular complexity index is 961. The number of carbonyl (C=O) groups excluding carboxylic acids is 2. The molecule has 1 N–H and O–H groups in total. The third-order valence-electron chi connectivity index (χ3n) is 4.88. The maximum atomic E-state index is 12.6. The van der Waals surface area contributed by atoms with Gasteiger partial charge in [0, 0.05) is 12.6 Å². The molecule has 0 radical (unpaired) electrons. The zero-order valence-corrected chi connectivity index (χ0v) is 15.1. The molecule has 0 saturated carbocycles. The van der Waals surface area contributed by atoms with Crippen molar-refractivity contribution in [2.45, 2.75) is 13.0 Å². The van der Waals surface area contributed by atoms with Crippen molar-refractivity contribution < 1.29 is 24.2 Å². The lowest BCUT2D eigenvalue weighted by Gasteiger charge is -2.22. The van der Waals surface area contributed by atoms with Crippen molar-refractivity contribution in [3.63, 3.8) is 0 Å². The lowest BCUT2D eigenvalue weighted by atomic mass is 9.95. The summed E-state index contributed by atoms with van der Waals surface area (Å²) in [7, 11) is 1.56. The predicted octanol–water partition coefficient (Wildman–Crippen LogP) is 2.82. The van der Waals surface area contributed by atoms with Crippen molar-refractivity contribution in [1.82, 2.24) is 4.90 Å². The molecule has 0 spiro atoms. The van der Waals surface area contributed by atoms with Crippen LogP contribution in [0.5, 0.6) is 11.5 Å². The number of aliphatic hydroxyl groups excluding tert-OH is 1. The highest BCUT2D eigenvalue weighted by Crippen LogP contribution is 2.40. The van der Waals surface area contributed by atoms with Gasteiger partial charge in [-0.15, -0.1) is 0 Å². The zero-order valence-electron chi connectivity index (χ0n) is 15.1. The van der Waals surface area contributed by atoms with Gasteiger partial charge in [0.25, 0.3) is 11.7 Å². The maximum Gasteiger partial charge on any atom is 0.295 e. The lowest BCUT2D eigenvalue weighted by Crippen LogP contribution is -2.24. The van der Waals surface area contributed by atoms with Gasteiger partial charge in [0.05, 0.1) is 11.6 Å². The van der Waals surface area contributed by atoms with Gasteiger partial charge in [-0.2, -0.15) is 0 Å². The topological polar surface area (TPSA) is 76.1 Å². The summed E-state index contributed by atoms with van der Waals surface area (Å²) in [5.74, 6) is -0.470. The first-order chi connectivity index (χ1) is 13.0. The van der Waals surface area contributed by atoms with Crippen LogP contribution in [0.2, 0.25) is 0 Å². The molecule has 1 fully saturated rings. The number of ketones is 1. The molecule has 138 valence electrons. The molecule has 2 aliphatic rings. The van der Waals surface area contributed by atoms with Gasteiger partial charge >= 0.3 is 0 Å². The monoisotopic (exact) mass is 365 g/mol.